The predicted octanol–water partition coefficient (Wildman–Crippen LogP) is 3.29. The molecule has 2 aromatic rings. The summed E-state index contributed by atoms with van der Waals surface area (Å²) >= 11 is 0. The summed E-state index contributed by atoms with van der Waals surface area (Å²) in [6.07, 6.45) is -6.61. The van der Waals surface area contributed by atoms with E-state index < -0.39 is 56.6 Å². The second kappa shape index (κ2) is 8.64. The van der Waals surface area contributed by atoms with Crippen molar-refractivity contribution >= 4 is 34.6 Å². The van der Waals surface area contributed by atoms with Crippen LogP contribution in [-0.2, 0) is 15.7 Å². The largest absolute Gasteiger partial charge is 0.449 e. The first kappa shape index (κ1) is 23.1. The third-order valence-corrected chi connectivity index (χ3v) is 3.90. The first-order chi connectivity index (χ1) is 14.3. The topological polar surface area (TPSA) is 168 Å². The Balaban J connectivity index is 2.19. The number of benzene rings is 2. The van der Waals surface area contributed by atoms with E-state index in [9.17, 15) is 43.0 Å². The van der Waals surface area contributed by atoms with Crippen LogP contribution in [0.3, 0.4) is 0 Å². The average molecular weight is 442 g/mol. The van der Waals surface area contributed by atoms with Crippen LogP contribution in [0.4, 0.5) is 35.9 Å². The smallest absolute Gasteiger partial charge is 0.418 e. The molecule has 0 fully saturated rings. The Bertz CT molecular complexity index is 1070. The van der Waals surface area contributed by atoms with Gasteiger partial charge in [0.15, 0.2) is 6.10 Å². The minimum atomic E-state index is -5.01. The molecule has 0 bridgehead atoms. The van der Waals surface area contributed by atoms with Crippen LogP contribution in [-0.4, -0.2) is 27.8 Å². The lowest BCUT2D eigenvalue weighted by atomic mass is 10.1. The van der Waals surface area contributed by atoms with E-state index in [0.717, 1.165) is 31.2 Å². The second-order valence-electron chi connectivity index (χ2n) is 6.05. The number of anilines is 2. The summed E-state index contributed by atoms with van der Waals surface area (Å²) in [6.45, 7) is 1.06. The van der Waals surface area contributed by atoms with E-state index in [4.69, 9.17) is 10.5 Å². The highest BCUT2D eigenvalue weighted by molar-refractivity contribution is 6.00. The van der Waals surface area contributed by atoms with Gasteiger partial charge in [-0.2, -0.15) is 13.2 Å². The Labute approximate surface area is 170 Å². The molecule has 0 saturated carbocycles. The van der Waals surface area contributed by atoms with Crippen LogP contribution < -0.4 is 11.1 Å². The third kappa shape index (κ3) is 5.43. The maximum Gasteiger partial charge on any atom is 0.418 e. The number of alkyl halides is 3. The summed E-state index contributed by atoms with van der Waals surface area (Å²) in [7, 11) is 0. The number of ether oxygens (including phenoxy) is 1. The summed E-state index contributed by atoms with van der Waals surface area (Å²) < 4.78 is 44.4. The molecule has 0 aromatic heterocycles. The zero-order valence-electron chi connectivity index (χ0n) is 15.5. The summed E-state index contributed by atoms with van der Waals surface area (Å²) in [5.41, 5.74) is 1.49. The zero-order chi connectivity index (χ0) is 23.5. The van der Waals surface area contributed by atoms with Crippen LogP contribution in [0.1, 0.15) is 22.8 Å². The van der Waals surface area contributed by atoms with Crippen LogP contribution in [0.15, 0.2) is 36.4 Å². The highest BCUT2D eigenvalue weighted by Crippen LogP contribution is 2.37. The number of carbonyl (C=O) groups excluding carboxylic acids is 2. The number of halogens is 3. The van der Waals surface area contributed by atoms with Gasteiger partial charge in [-0.3, -0.25) is 25.0 Å². The van der Waals surface area contributed by atoms with E-state index in [2.05, 4.69) is 0 Å². The fourth-order valence-electron chi connectivity index (χ4n) is 2.35. The standard InChI is InChI=1S/C17H13F3N4O7/c1-8(31-16(26)11-4-2-10(24(29)30)7-13(11)21)15(25)22-14-5-3-9(23(27)28)6-12(14)17(18,19)20/h2-8H,21H2,1H3,(H,22,25). The Hall–Kier alpha value is -4.23. The van der Waals surface area contributed by atoms with Gasteiger partial charge < -0.3 is 15.8 Å². The van der Waals surface area contributed by atoms with Gasteiger partial charge in [0.1, 0.15) is 0 Å². The molecule has 3 N–H and O–H groups in total. The molecule has 11 nitrogen and oxygen atoms in total. The number of nitrogens with zero attached hydrogens (tertiary/aromatic N) is 2. The van der Waals surface area contributed by atoms with Crippen LogP contribution in [0, 0.1) is 20.2 Å². The van der Waals surface area contributed by atoms with Crippen molar-refractivity contribution in [2.24, 2.45) is 0 Å². The first-order valence-electron chi connectivity index (χ1n) is 8.22. The van der Waals surface area contributed by atoms with Gasteiger partial charge in [0.25, 0.3) is 17.3 Å². The highest BCUT2D eigenvalue weighted by atomic mass is 19.4. The quantitative estimate of drug-likeness (QED) is 0.297. The van der Waals surface area contributed by atoms with Gasteiger partial charge in [0, 0.05) is 24.3 Å². The normalized spacial score (nSPS) is 12.0. The lowest BCUT2D eigenvalue weighted by Gasteiger charge is -2.17. The van der Waals surface area contributed by atoms with Crippen LogP contribution in [0.25, 0.3) is 0 Å². The average Bonchev–Trinajstić information content (AvgIpc) is 2.66. The molecule has 0 saturated heterocycles. The molecule has 0 heterocycles. The van der Waals surface area contributed by atoms with Crippen LogP contribution in [0.2, 0.25) is 0 Å². The van der Waals surface area contributed by atoms with Crippen LogP contribution in [0.5, 0.6) is 0 Å². The zero-order valence-corrected chi connectivity index (χ0v) is 15.5. The minimum absolute atomic E-state index is 0.254. The summed E-state index contributed by atoms with van der Waals surface area (Å²) in [4.78, 5) is 44.0. The number of hydrogen-bond donors (Lipinski definition) is 2. The number of non-ortho nitro benzene ring substituents is 2. The van der Waals surface area contributed by atoms with Crippen molar-refractivity contribution in [3.63, 3.8) is 0 Å². The van der Waals surface area contributed by atoms with E-state index in [1.54, 1.807) is 0 Å². The summed E-state index contributed by atoms with van der Waals surface area (Å²) in [5, 5.41) is 23.3. The van der Waals surface area contributed by atoms with Gasteiger partial charge in [-0.15, -0.1) is 0 Å². The van der Waals surface area contributed by atoms with Crippen molar-refractivity contribution in [2.75, 3.05) is 11.1 Å². The van der Waals surface area contributed by atoms with Gasteiger partial charge >= 0.3 is 12.1 Å². The fraction of sp³-hybridized carbons (Fsp3) is 0.176. The summed E-state index contributed by atoms with van der Waals surface area (Å²) in [6, 6.07) is 4.58. The predicted molar refractivity (Wildman–Crippen MR) is 99.1 cm³/mol. The summed E-state index contributed by atoms with van der Waals surface area (Å²) in [5.74, 6) is -2.30. The first-order valence-corrected chi connectivity index (χ1v) is 8.22. The Kier molecular flexibility index (Phi) is 6.43. The molecule has 0 radical (unpaired) electrons. The van der Waals surface area contributed by atoms with Crippen molar-refractivity contribution in [2.45, 2.75) is 19.2 Å². The number of nitrogens with one attached hydrogen (secondary N) is 1. The maximum absolute atomic E-state index is 13.2. The van der Waals surface area contributed by atoms with E-state index in [1.165, 1.54) is 0 Å². The number of amides is 1. The molecule has 2 rings (SSSR count). The molecule has 14 heteroatoms. The molecule has 0 spiro atoms. The van der Waals surface area contributed by atoms with E-state index in [1.807, 2.05) is 5.32 Å². The molecular formula is C17H13F3N4O7. The Morgan fingerprint density at radius 1 is 1.06 bits per heavy atom. The molecule has 0 aliphatic carbocycles. The van der Waals surface area contributed by atoms with Gasteiger partial charge in [-0.05, 0) is 19.1 Å². The third-order valence-electron chi connectivity index (χ3n) is 3.90. The number of hydrogen-bond acceptors (Lipinski definition) is 8. The van der Waals surface area contributed by atoms with Crippen molar-refractivity contribution in [1.82, 2.24) is 0 Å². The van der Waals surface area contributed by atoms with Crippen molar-refractivity contribution in [3.8, 4) is 0 Å². The molecule has 1 amide bonds. The highest BCUT2D eigenvalue weighted by Gasteiger charge is 2.36. The van der Waals surface area contributed by atoms with Crippen LogP contribution >= 0.6 is 0 Å². The lowest BCUT2D eigenvalue weighted by molar-refractivity contribution is -0.385. The molecule has 0 aliphatic rings. The number of carbonyl (C=O) groups is 2. The molecule has 1 atom stereocenters. The number of nitrogen functional groups attached to an aromatic ring is 1. The minimum Gasteiger partial charge on any atom is -0.449 e. The van der Waals surface area contributed by atoms with E-state index >= 15 is 0 Å². The molecule has 164 valence electrons. The maximum atomic E-state index is 13.2. The van der Waals surface area contributed by atoms with Gasteiger partial charge in [-0.1, -0.05) is 0 Å². The monoisotopic (exact) mass is 442 g/mol. The number of nitro groups is 2. The van der Waals surface area contributed by atoms with Crippen molar-refractivity contribution < 1.29 is 37.3 Å². The van der Waals surface area contributed by atoms with Gasteiger partial charge in [-0.25, -0.2) is 4.79 Å². The van der Waals surface area contributed by atoms with E-state index in [-0.39, 0.29) is 17.3 Å². The molecule has 0 aliphatic heterocycles. The van der Waals surface area contributed by atoms with Gasteiger partial charge in [0.05, 0.1) is 32.3 Å². The van der Waals surface area contributed by atoms with Gasteiger partial charge in [0.2, 0.25) is 0 Å². The number of nitrogens with two attached hydrogens (primary N) is 1. The SMILES string of the molecule is CC(OC(=O)c1ccc([N+](=O)[O-])cc1N)C(=O)Nc1ccc([N+](=O)[O-])cc1C(F)(F)F. The van der Waals surface area contributed by atoms with Crippen molar-refractivity contribution in [3.05, 3.63) is 67.8 Å². The number of nitro benzene ring substituents is 2. The number of esters is 1. The van der Waals surface area contributed by atoms with Crippen molar-refractivity contribution in [1.29, 1.82) is 0 Å². The second-order valence-corrected chi connectivity index (χ2v) is 6.05. The number of rotatable bonds is 6. The fourth-order valence-corrected chi connectivity index (χ4v) is 2.35. The molecule has 2 aromatic carbocycles. The Morgan fingerprint density at radius 2 is 1.61 bits per heavy atom. The molecule has 1 unspecified atom stereocenters. The lowest BCUT2D eigenvalue weighted by Crippen LogP contribution is -2.31. The molecular weight excluding hydrogens is 429 g/mol. The molecule has 31 heavy (non-hydrogen) atoms. The Morgan fingerprint density at radius 3 is 2.13 bits per heavy atom. The van der Waals surface area contributed by atoms with E-state index in [0.29, 0.717) is 6.07 Å².